The number of hydrogen-bond acceptors (Lipinski definition) is 9. The molecule has 3 aliphatic rings. The Kier molecular flexibility index (Phi) is 7.95. The lowest BCUT2D eigenvalue weighted by Gasteiger charge is -2.39. The molecule has 2 fully saturated rings. The number of aromatic amines is 1. The van der Waals surface area contributed by atoms with Gasteiger partial charge in [0.05, 0.1) is 19.2 Å². The number of halogens is 5. The third-order valence-electron chi connectivity index (χ3n) is 9.48. The summed E-state index contributed by atoms with van der Waals surface area (Å²) >= 11 is 6.01. The summed E-state index contributed by atoms with van der Waals surface area (Å²) in [7, 11) is 0. The Morgan fingerprint density at radius 1 is 1.04 bits per heavy atom. The highest BCUT2D eigenvalue weighted by Gasteiger charge is 2.40. The van der Waals surface area contributed by atoms with Gasteiger partial charge in [-0.1, -0.05) is 29.8 Å². The van der Waals surface area contributed by atoms with E-state index in [0.29, 0.717) is 52.9 Å². The Labute approximate surface area is 282 Å². The molecule has 1 N–H and O–H groups in total. The van der Waals surface area contributed by atoms with Crippen molar-refractivity contribution in [3.05, 3.63) is 76.1 Å². The number of benzene rings is 2. The highest BCUT2D eigenvalue weighted by molar-refractivity contribution is 6.30. The summed E-state index contributed by atoms with van der Waals surface area (Å²) in [4.78, 5) is 9.35. The number of piperidine rings is 1. The lowest BCUT2D eigenvalue weighted by Crippen LogP contribution is -2.41. The molecule has 49 heavy (non-hydrogen) atoms. The first-order chi connectivity index (χ1) is 23.5. The van der Waals surface area contributed by atoms with Crippen LogP contribution in [0.15, 0.2) is 42.5 Å². The maximum Gasteiger partial charge on any atom is 0.451 e. The van der Waals surface area contributed by atoms with Crippen LogP contribution in [0.3, 0.4) is 0 Å². The SMILES string of the molecule is C[C@@]1(c2ccc(Cl)cc2F)COc2cccc(C3CCN(Cc4nc5cc(-c6nnc(C(F)(F)F)[nH]6)nnc5n4C[C@@H]4CCO4)CC3)c2O1. The number of aromatic nitrogens is 7. The third-order valence-corrected chi connectivity index (χ3v) is 9.72. The first kappa shape index (κ1) is 31.9. The van der Waals surface area contributed by atoms with Gasteiger partial charge in [0, 0.05) is 22.8 Å². The number of rotatable bonds is 7. The molecule has 256 valence electrons. The molecule has 5 aromatic rings. The number of likely N-dealkylation sites (tertiary alicyclic amines) is 1. The van der Waals surface area contributed by atoms with Crippen molar-refractivity contribution < 1.29 is 31.8 Å². The Balaban J connectivity index is 1.01. The maximum atomic E-state index is 15.0. The minimum Gasteiger partial charge on any atom is -0.485 e. The molecule has 3 aliphatic heterocycles. The van der Waals surface area contributed by atoms with Crippen molar-refractivity contribution in [1.29, 1.82) is 0 Å². The van der Waals surface area contributed by atoms with E-state index in [4.69, 9.17) is 30.8 Å². The molecule has 0 saturated carbocycles. The van der Waals surface area contributed by atoms with Crippen molar-refractivity contribution in [1.82, 2.24) is 39.8 Å². The summed E-state index contributed by atoms with van der Waals surface area (Å²) in [5.41, 5.74) is 1.50. The van der Waals surface area contributed by atoms with E-state index >= 15 is 0 Å². The van der Waals surface area contributed by atoms with Gasteiger partial charge in [0.1, 0.15) is 29.5 Å². The highest BCUT2D eigenvalue weighted by Crippen LogP contribution is 2.47. The van der Waals surface area contributed by atoms with Gasteiger partial charge < -0.3 is 23.8 Å². The van der Waals surface area contributed by atoms with Crippen molar-refractivity contribution >= 4 is 22.8 Å². The van der Waals surface area contributed by atoms with Crippen LogP contribution in [0.2, 0.25) is 5.02 Å². The van der Waals surface area contributed by atoms with Gasteiger partial charge in [-0.25, -0.2) is 9.37 Å². The molecular weight excluding hydrogens is 668 g/mol. The molecule has 0 bridgehead atoms. The van der Waals surface area contributed by atoms with Crippen LogP contribution >= 0.6 is 11.6 Å². The molecular formula is C33H31ClF4N8O3. The number of imidazole rings is 1. The fourth-order valence-corrected chi connectivity index (χ4v) is 6.90. The van der Waals surface area contributed by atoms with E-state index < -0.39 is 23.4 Å². The molecule has 2 aromatic carbocycles. The quantitative estimate of drug-likeness (QED) is 0.196. The van der Waals surface area contributed by atoms with Crippen LogP contribution in [0, 0.1) is 5.82 Å². The Hall–Kier alpha value is -4.34. The van der Waals surface area contributed by atoms with Gasteiger partial charge in [0.2, 0.25) is 5.82 Å². The number of alkyl halides is 3. The first-order valence-corrected chi connectivity index (χ1v) is 16.4. The minimum absolute atomic E-state index is 0.0190. The summed E-state index contributed by atoms with van der Waals surface area (Å²) in [6.07, 6.45) is -2.05. The molecule has 11 nitrogen and oxygen atoms in total. The second-order valence-electron chi connectivity index (χ2n) is 12.8. The molecule has 0 radical (unpaired) electrons. The van der Waals surface area contributed by atoms with E-state index in [0.717, 1.165) is 43.7 Å². The smallest absolute Gasteiger partial charge is 0.451 e. The molecule has 8 rings (SSSR count). The van der Waals surface area contributed by atoms with Gasteiger partial charge in [-0.15, -0.1) is 20.4 Å². The number of hydrogen-bond donors (Lipinski definition) is 1. The fourth-order valence-electron chi connectivity index (χ4n) is 6.74. The zero-order valence-electron chi connectivity index (χ0n) is 26.3. The Morgan fingerprint density at radius 2 is 1.86 bits per heavy atom. The number of fused-ring (bicyclic) bond motifs is 2. The predicted octanol–water partition coefficient (Wildman–Crippen LogP) is 6.28. The second kappa shape index (κ2) is 12.2. The van der Waals surface area contributed by atoms with Crippen molar-refractivity contribution in [3.8, 4) is 23.0 Å². The average molecular weight is 699 g/mol. The Bertz CT molecular complexity index is 2020. The van der Waals surface area contributed by atoms with Crippen LogP contribution in [0.4, 0.5) is 17.6 Å². The molecule has 3 aromatic heterocycles. The molecule has 6 heterocycles. The van der Waals surface area contributed by atoms with Gasteiger partial charge in [-0.2, -0.15) is 13.2 Å². The Morgan fingerprint density at radius 3 is 2.57 bits per heavy atom. The van der Waals surface area contributed by atoms with Crippen LogP contribution < -0.4 is 9.47 Å². The topological polar surface area (TPSA) is 116 Å². The highest BCUT2D eigenvalue weighted by atomic mass is 35.5. The molecule has 0 amide bonds. The number of para-hydroxylation sites is 1. The van der Waals surface area contributed by atoms with Crippen LogP contribution in [0.25, 0.3) is 22.7 Å². The summed E-state index contributed by atoms with van der Waals surface area (Å²) in [5, 5.41) is 15.6. The van der Waals surface area contributed by atoms with Crippen molar-refractivity contribution in [3.63, 3.8) is 0 Å². The van der Waals surface area contributed by atoms with Gasteiger partial charge in [0.15, 0.2) is 28.6 Å². The van der Waals surface area contributed by atoms with Gasteiger partial charge in [-0.3, -0.25) is 4.90 Å². The maximum absolute atomic E-state index is 15.0. The van der Waals surface area contributed by atoms with Gasteiger partial charge in [0.25, 0.3) is 0 Å². The molecule has 0 aliphatic carbocycles. The molecule has 16 heteroatoms. The van der Waals surface area contributed by atoms with Gasteiger partial charge in [-0.05, 0) is 69.5 Å². The summed E-state index contributed by atoms with van der Waals surface area (Å²) in [5.74, 6) is 0.427. The van der Waals surface area contributed by atoms with Crippen LogP contribution in [0.1, 0.15) is 54.9 Å². The van der Waals surface area contributed by atoms with Gasteiger partial charge >= 0.3 is 6.18 Å². The lowest BCUT2D eigenvalue weighted by molar-refractivity contribution is -0.144. The van der Waals surface area contributed by atoms with Crippen LogP contribution in [-0.2, 0) is 29.6 Å². The fraction of sp³-hybridized carbons (Fsp3) is 0.424. The van der Waals surface area contributed by atoms with E-state index in [1.54, 1.807) is 18.2 Å². The number of nitrogens with one attached hydrogen (secondary N) is 1. The van der Waals surface area contributed by atoms with E-state index in [-0.39, 0.29) is 30.1 Å². The zero-order valence-corrected chi connectivity index (χ0v) is 27.1. The minimum atomic E-state index is -4.66. The largest absolute Gasteiger partial charge is 0.485 e. The summed E-state index contributed by atoms with van der Waals surface area (Å²) in [6, 6.07) is 12.0. The van der Waals surface area contributed by atoms with Crippen LogP contribution in [0.5, 0.6) is 11.5 Å². The third kappa shape index (κ3) is 6.08. The van der Waals surface area contributed by atoms with E-state index in [9.17, 15) is 17.6 Å². The monoisotopic (exact) mass is 698 g/mol. The molecule has 0 unspecified atom stereocenters. The number of nitrogens with zero attached hydrogens (tertiary/aromatic N) is 7. The summed E-state index contributed by atoms with van der Waals surface area (Å²) < 4.78 is 74.6. The number of H-pyrrole nitrogens is 1. The molecule has 2 atom stereocenters. The average Bonchev–Trinajstić information content (AvgIpc) is 3.68. The summed E-state index contributed by atoms with van der Waals surface area (Å²) in [6.45, 7) is 5.29. The van der Waals surface area contributed by atoms with E-state index in [1.807, 2.05) is 29.7 Å². The molecule has 0 spiro atoms. The predicted molar refractivity (Wildman–Crippen MR) is 169 cm³/mol. The van der Waals surface area contributed by atoms with E-state index in [1.165, 1.54) is 6.07 Å². The zero-order chi connectivity index (χ0) is 33.9. The number of ether oxygens (including phenoxy) is 3. The van der Waals surface area contributed by atoms with Crippen molar-refractivity contribution in [2.45, 2.75) is 63.1 Å². The standard InChI is InChI=1S/C33H31ClF4N8O3/c1-32(22-6-5-19(34)13-23(22)35)17-48-26-4-2-3-21(28(26)49-32)18-7-10-45(11-8-18)16-27-39-25-14-24(29-40-31(44-42-29)33(36,37)38)41-43-30(25)46(27)15-20-9-12-47-20/h2-6,13-14,18,20H,7-12,15-17H2,1H3,(H,40,42,44)/t20-,32-/m0/s1. The van der Waals surface area contributed by atoms with Crippen LogP contribution in [-0.4, -0.2) is 72.2 Å². The van der Waals surface area contributed by atoms with Crippen molar-refractivity contribution in [2.75, 3.05) is 26.3 Å². The second-order valence-corrected chi connectivity index (χ2v) is 13.3. The molecule has 2 saturated heterocycles. The first-order valence-electron chi connectivity index (χ1n) is 16.0. The lowest BCUT2D eigenvalue weighted by atomic mass is 9.87. The normalized spacial score (nSPS) is 21.6. The van der Waals surface area contributed by atoms with Crippen molar-refractivity contribution in [2.24, 2.45) is 0 Å². The van der Waals surface area contributed by atoms with E-state index in [2.05, 4.69) is 30.3 Å².